The molecule has 1 amide bonds. The van der Waals surface area contributed by atoms with Crippen molar-refractivity contribution in [3.05, 3.63) is 29.9 Å². The third-order valence-corrected chi connectivity index (χ3v) is 12.0. The number of nitrogens with zero attached hydrogens (tertiary/aromatic N) is 2. The third kappa shape index (κ3) is 5.38. The van der Waals surface area contributed by atoms with Gasteiger partial charge in [-0.3, -0.25) is 9.80 Å². The lowest BCUT2D eigenvalue weighted by molar-refractivity contribution is -0.0555. The molecular weight excluding hydrogens is 480 g/mol. The molecule has 4 aliphatic rings. The Kier molecular flexibility index (Phi) is 8.40. The average molecular weight is 537 g/mol. The van der Waals surface area contributed by atoms with Gasteiger partial charge in [0.15, 0.2) is 5.82 Å². The summed E-state index contributed by atoms with van der Waals surface area (Å²) in [6.07, 6.45) is 20.4. The predicted octanol–water partition coefficient (Wildman–Crippen LogP) is 8.17. The molecule has 0 aliphatic heterocycles. The summed E-state index contributed by atoms with van der Waals surface area (Å²) in [7, 11) is 0. The van der Waals surface area contributed by atoms with Crippen molar-refractivity contribution in [2.75, 3.05) is 0 Å². The van der Waals surface area contributed by atoms with Crippen molar-refractivity contribution in [1.82, 2.24) is 20.4 Å². The molecule has 0 radical (unpaired) electrons. The normalized spacial score (nSPS) is 36.7. The second-order valence-electron chi connectivity index (χ2n) is 15.1. The second kappa shape index (κ2) is 11.3. The SMILES string of the molecule is CC(C)CCC[C@@H](C)[C@H]1CCC2C3CC=C4C[C@@H](N(NC(C)C)C(=O)c5ncc[nH]5)CC[C@]4(C)C3CC[C@@]21C. The van der Waals surface area contributed by atoms with Crippen LogP contribution in [0.2, 0.25) is 0 Å². The Balaban J connectivity index is 1.30. The number of hydrazine groups is 1. The maximum atomic E-state index is 13.4. The molecule has 1 heterocycles. The molecule has 5 rings (SSSR count). The van der Waals surface area contributed by atoms with Crippen molar-refractivity contribution in [1.29, 1.82) is 0 Å². The molecule has 2 N–H and O–H groups in total. The van der Waals surface area contributed by atoms with E-state index in [0.717, 1.165) is 48.3 Å². The van der Waals surface area contributed by atoms with E-state index in [1.165, 1.54) is 57.8 Å². The smallest absolute Gasteiger partial charge is 0.303 e. The van der Waals surface area contributed by atoms with Crippen LogP contribution in [0, 0.1) is 46.3 Å². The van der Waals surface area contributed by atoms with E-state index in [4.69, 9.17) is 0 Å². The van der Waals surface area contributed by atoms with Crippen molar-refractivity contribution in [3.63, 3.8) is 0 Å². The number of carbonyl (C=O) groups excluding carboxylic acids is 1. The van der Waals surface area contributed by atoms with Crippen molar-refractivity contribution in [2.24, 2.45) is 46.3 Å². The Morgan fingerprint density at radius 2 is 1.87 bits per heavy atom. The monoisotopic (exact) mass is 536 g/mol. The summed E-state index contributed by atoms with van der Waals surface area (Å²) < 4.78 is 0. The molecule has 218 valence electrons. The maximum absolute atomic E-state index is 13.4. The maximum Gasteiger partial charge on any atom is 0.303 e. The summed E-state index contributed by atoms with van der Waals surface area (Å²) in [5, 5.41) is 1.90. The van der Waals surface area contributed by atoms with Crippen LogP contribution < -0.4 is 5.43 Å². The fraction of sp³-hybridized carbons (Fsp3) is 0.824. The highest BCUT2D eigenvalue weighted by Gasteiger charge is 2.59. The van der Waals surface area contributed by atoms with Crippen LogP contribution in [0.1, 0.15) is 130 Å². The summed E-state index contributed by atoms with van der Waals surface area (Å²) in [5.41, 5.74) is 5.92. The first-order valence-corrected chi connectivity index (χ1v) is 16.3. The van der Waals surface area contributed by atoms with Gasteiger partial charge in [-0.1, -0.05) is 65.5 Å². The van der Waals surface area contributed by atoms with Crippen LogP contribution in [0.25, 0.3) is 0 Å². The van der Waals surface area contributed by atoms with Gasteiger partial charge in [-0.25, -0.2) is 10.4 Å². The van der Waals surface area contributed by atoms with Crippen LogP contribution in [0.5, 0.6) is 0 Å². The number of fused-ring (bicyclic) bond motifs is 5. The molecule has 39 heavy (non-hydrogen) atoms. The first-order chi connectivity index (χ1) is 18.5. The fourth-order valence-corrected chi connectivity index (χ4v) is 9.99. The van der Waals surface area contributed by atoms with Crippen LogP contribution in [-0.2, 0) is 0 Å². The van der Waals surface area contributed by atoms with Crippen LogP contribution in [0.4, 0.5) is 0 Å². The van der Waals surface area contributed by atoms with Crippen LogP contribution in [0.15, 0.2) is 24.0 Å². The minimum Gasteiger partial charge on any atom is -0.340 e. The largest absolute Gasteiger partial charge is 0.340 e. The lowest BCUT2D eigenvalue weighted by Crippen LogP contribution is -2.56. The topological polar surface area (TPSA) is 61.0 Å². The number of nitrogens with one attached hydrogen (secondary N) is 2. The average Bonchev–Trinajstić information content (AvgIpc) is 3.54. The Hall–Kier alpha value is -1.62. The summed E-state index contributed by atoms with van der Waals surface area (Å²) in [6, 6.07) is 0.373. The fourth-order valence-electron chi connectivity index (χ4n) is 9.99. The molecule has 3 unspecified atom stereocenters. The number of allylic oxidation sites excluding steroid dienone is 1. The zero-order valence-corrected chi connectivity index (χ0v) is 25.9. The number of hydrogen-bond acceptors (Lipinski definition) is 3. The van der Waals surface area contributed by atoms with Crippen LogP contribution in [0.3, 0.4) is 0 Å². The lowest BCUT2D eigenvalue weighted by Gasteiger charge is -2.59. The molecule has 0 saturated heterocycles. The number of carbonyl (C=O) groups is 1. The summed E-state index contributed by atoms with van der Waals surface area (Å²) in [5.74, 6) is 5.53. The number of aromatic amines is 1. The molecule has 5 heteroatoms. The summed E-state index contributed by atoms with van der Waals surface area (Å²) in [4.78, 5) is 20.7. The van der Waals surface area contributed by atoms with Crippen LogP contribution in [-0.4, -0.2) is 33.0 Å². The van der Waals surface area contributed by atoms with Gasteiger partial charge in [-0.2, -0.15) is 0 Å². The molecule has 3 saturated carbocycles. The number of rotatable bonds is 9. The molecule has 1 aromatic heterocycles. The highest BCUT2D eigenvalue weighted by Crippen LogP contribution is 2.67. The van der Waals surface area contributed by atoms with E-state index < -0.39 is 0 Å². The zero-order valence-electron chi connectivity index (χ0n) is 25.9. The van der Waals surface area contributed by atoms with E-state index >= 15 is 0 Å². The van der Waals surface area contributed by atoms with Gasteiger partial charge < -0.3 is 4.98 Å². The summed E-state index contributed by atoms with van der Waals surface area (Å²) >= 11 is 0. The van der Waals surface area contributed by atoms with E-state index in [9.17, 15) is 4.79 Å². The number of H-pyrrole nitrogens is 1. The molecule has 3 fully saturated rings. The van der Waals surface area contributed by atoms with Crippen molar-refractivity contribution >= 4 is 5.91 Å². The molecule has 8 atom stereocenters. The minimum atomic E-state index is -0.0375. The van der Waals surface area contributed by atoms with Gasteiger partial charge in [0.2, 0.25) is 0 Å². The Morgan fingerprint density at radius 1 is 1.08 bits per heavy atom. The van der Waals surface area contributed by atoms with Crippen molar-refractivity contribution < 1.29 is 4.79 Å². The van der Waals surface area contributed by atoms with Gasteiger partial charge in [-0.05, 0) is 112 Å². The van der Waals surface area contributed by atoms with Gasteiger partial charge >= 0.3 is 5.91 Å². The van der Waals surface area contributed by atoms with E-state index in [2.05, 4.69) is 69.9 Å². The van der Waals surface area contributed by atoms with Gasteiger partial charge in [0.1, 0.15) is 0 Å². The van der Waals surface area contributed by atoms with Crippen LogP contribution >= 0.6 is 0 Å². The highest BCUT2D eigenvalue weighted by atomic mass is 16.2. The van der Waals surface area contributed by atoms with Gasteiger partial charge in [0, 0.05) is 18.4 Å². The Morgan fingerprint density at radius 3 is 2.56 bits per heavy atom. The minimum absolute atomic E-state index is 0.0375. The number of imidazole rings is 1. The van der Waals surface area contributed by atoms with E-state index in [1.54, 1.807) is 18.0 Å². The van der Waals surface area contributed by atoms with E-state index in [1.807, 2.05) is 5.01 Å². The Bertz CT molecular complexity index is 1010. The summed E-state index contributed by atoms with van der Waals surface area (Å²) in [6.45, 7) is 16.8. The Labute approximate surface area is 238 Å². The molecule has 4 aliphatic carbocycles. The molecule has 0 bridgehead atoms. The third-order valence-electron chi connectivity index (χ3n) is 12.0. The quantitative estimate of drug-likeness (QED) is 0.247. The molecule has 1 aromatic rings. The molecule has 0 spiro atoms. The molecule has 5 nitrogen and oxygen atoms in total. The standard InChI is InChI=1S/C34H56N4O/c1-22(2)9-8-10-24(5)28-13-14-29-27-12-11-25-21-26(15-17-33(25,6)30(27)16-18-34(28,29)7)38(37-23(3)4)32(39)31-35-19-20-36-31/h11,19-20,22-24,26-30,37H,8-10,12-18,21H2,1-7H3,(H,35,36)/t24-,26+,27?,28-,29?,30?,33+,34-/m1/s1. The zero-order chi connectivity index (χ0) is 27.9. The molecule has 0 aromatic carbocycles. The second-order valence-corrected chi connectivity index (χ2v) is 15.1. The first kappa shape index (κ1) is 28.9. The highest BCUT2D eigenvalue weighted by molar-refractivity contribution is 5.90. The number of hydrogen-bond donors (Lipinski definition) is 2. The van der Waals surface area contributed by atoms with Crippen molar-refractivity contribution in [2.45, 2.75) is 131 Å². The molecular formula is C34H56N4O. The van der Waals surface area contributed by atoms with Gasteiger partial charge in [-0.15, -0.1) is 0 Å². The van der Waals surface area contributed by atoms with E-state index in [-0.39, 0.29) is 18.0 Å². The number of aromatic nitrogens is 2. The van der Waals surface area contributed by atoms with Gasteiger partial charge in [0.25, 0.3) is 0 Å². The van der Waals surface area contributed by atoms with Gasteiger partial charge in [0.05, 0.1) is 6.04 Å². The van der Waals surface area contributed by atoms with E-state index in [0.29, 0.717) is 16.7 Å². The van der Waals surface area contributed by atoms with Crippen molar-refractivity contribution in [3.8, 4) is 0 Å². The first-order valence-electron chi connectivity index (χ1n) is 16.3. The number of amides is 1. The predicted molar refractivity (Wildman–Crippen MR) is 160 cm³/mol. The lowest BCUT2D eigenvalue weighted by atomic mass is 9.47.